The van der Waals surface area contributed by atoms with E-state index in [1.54, 1.807) is 0 Å². The Morgan fingerprint density at radius 2 is 2.05 bits per heavy atom. The zero-order valence-corrected chi connectivity index (χ0v) is 12.4. The van der Waals surface area contributed by atoms with Crippen molar-refractivity contribution in [1.82, 2.24) is 5.32 Å². The van der Waals surface area contributed by atoms with E-state index in [2.05, 4.69) is 36.5 Å². The zero-order chi connectivity index (χ0) is 13.3. The lowest BCUT2D eigenvalue weighted by Gasteiger charge is -2.34. The first-order chi connectivity index (χ1) is 9.18. The summed E-state index contributed by atoms with van der Waals surface area (Å²) in [6, 6.07) is 9.13. The number of hydrogen-bond acceptors (Lipinski definition) is 3. The third kappa shape index (κ3) is 2.83. The van der Waals surface area contributed by atoms with Gasteiger partial charge < -0.3 is 10.4 Å². The molecule has 1 fully saturated rings. The van der Waals surface area contributed by atoms with Crippen molar-refractivity contribution < 1.29 is 5.11 Å². The second-order valence-corrected chi connectivity index (χ2v) is 7.30. The maximum atomic E-state index is 10.6. The summed E-state index contributed by atoms with van der Waals surface area (Å²) in [5.74, 6) is 2.81. The van der Waals surface area contributed by atoms with Gasteiger partial charge >= 0.3 is 0 Å². The molecule has 2 N–H and O–H groups in total. The zero-order valence-electron chi connectivity index (χ0n) is 11.6. The van der Waals surface area contributed by atoms with Gasteiger partial charge in [-0.25, -0.2) is 0 Å². The Hall–Kier alpha value is -0.510. The van der Waals surface area contributed by atoms with Crippen molar-refractivity contribution in [1.29, 1.82) is 0 Å². The summed E-state index contributed by atoms with van der Waals surface area (Å²) in [6.07, 6.45) is 3.00. The van der Waals surface area contributed by atoms with Gasteiger partial charge in [-0.2, -0.15) is 11.8 Å². The molecule has 1 saturated heterocycles. The number of aliphatic hydroxyl groups is 1. The number of thioether (sulfide) groups is 1. The average molecular weight is 277 g/mol. The van der Waals surface area contributed by atoms with Crippen LogP contribution in [0.15, 0.2) is 24.3 Å². The van der Waals surface area contributed by atoms with Crippen LogP contribution in [0.1, 0.15) is 36.9 Å². The molecule has 1 aromatic carbocycles. The summed E-state index contributed by atoms with van der Waals surface area (Å²) in [5.41, 5.74) is 2.42. The van der Waals surface area contributed by atoms with E-state index < -0.39 is 5.60 Å². The molecule has 0 radical (unpaired) electrons. The van der Waals surface area contributed by atoms with Gasteiger partial charge in [0.05, 0.1) is 5.60 Å². The smallest absolute Gasteiger partial charge is 0.0787 e. The van der Waals surface area contributed by atoms with Crippen molar-refractivity contribution in [3.8, 4) is 0 Å². The van der Waals surface area contributed by atoms with E-state index in [0.29, 0.717) is 12.0 Å². The first kappa shape index (κ1) is 13.5. The molecule has 3 rings (SSSR count). The minimum absolute atomic E-state index is 0.412. The van der Waals surface area contributed by atoms with Crippen LogP contribution in [0.2, 0.25) is 0 Å². The van der Waals surface area contributed by atoms with Crippen LogP contribution >= 0.6 is 11.8 Å². The number of benzene rings is 1. The highest BCUT2D eigenvalue weighted by atomic mass is 32.2. The molecule has 0 aromatic heterocycles. The topological polar surface area (TPSA) is 32.3 Å². The van der Waals surface area contributed by atoms with Gasteiger partial charge in [0.25, 0.3) is 0 Å². The van der Waals surface area contributed by atoms with Crippen LogP contribution in [-0.2, 0) is 6.42 Å². The van der Waals surface area contributed by atoms with Crippen LogP contribution < -0.4 is 5.32 Å². The molecule has 19 heavy (non-hydrogen) atoms. The van der Waals surface area contributed by atoms with Crippen LogP contribution in [0.25, 0.3) is 0 Å². The lowest BCUT2D eigenvalue weighted by Crippen LogP contribution is -2.45. The van der Waals surface area contributed by atoms with Crippen molar-refractivity contribution in [3.05, 3.63) is 35.4 Å². The number of fused-ring (bicyclic) bond motifs is 1. The van der Waals surface area contributed by atoms with Gasteiger partial charge in [-0.3, -0.25) is 0 Å². The third-order valence-electron chi connectivity index (χ3n) is 4.58. The van der Waals surface area contributed by atoms with E-state index in [1.807, 2.05) is 11.8 Å². The second-order valence-electron chi connectivity index (χ2n) is 6.08. The molecule has 0 saturated carbocycles. The molecule has 0 bridgehead atoms. The standard InChI is InChI=1S/C16H23NOS/c1-12-10-13-4-2-3-5-14(13)15(12)17-11-16(18)6-8-19-9-7-16/h2-5,12,15,17-18H,6-11H2,1H3. The fourth-order valence-corrected chi connectivity index (χ4v) is 4.59. The molecule has 1 aliphatic heterocycles. The van der Waals surface area contributed by atoms with Gasteiger partial charge in [-0.05, 0) is 47.8 Å². The van der Waals surface area contributed by atoms with Gasteiger partial charge in [0.2, 0.25) is 0 Å². The first-order valence-corrected chi connectivity index (χ1v) is 8.45. The number of rotatable bonds is 3. The predicted octanol–water partition coefficient (Wildman–Crippen LogP) is 2.77. The fourth-order valence-electron chi connectivity index (χ4n) is 3.33. The first-order valence-electron chi connectivity index (χ1n) is 7.29. The van der Waals surface area contributed by atoms with Crippen molar-refractivity contribution >= 4 is 11.8 Å². The lowest BCUT2D eigenvalue weighted by atomic mass is 9.95. The molecule has 3 heteroatoms. The number of nitrogens with one attached hydrogen (secondary N) is 1. The minimum atomic E-state index is -0.484. The monoisotopic (exact) mass is 277 g/mol. The van der Waals surface area contributed by atoms with Gasteiger partial charge in [0.1, 0.15) is 0 Å². The quantitative estimate of drug-likeness (QED) is 0.891. The van der Waals surface area contributed by atoms with Crippen LogP contribution in [0.5, 0.6) is 0 Å². The van der Waals surface area contributed by atoms with E-state index in [4.69, 9.17) is 0 Å². The van der Waals surface area contributed by atoms with Crippen molar-refractivity contribution in [3.63, 3.8) is 0 Å². The molecule has 2 aliphatic rings. The van der Waals surface area contributed by atoms with Gasteiger partial charge in [0.15, 0.2) is 0 Å². The molecule has 104 valence electrons. The Labute approximate surface area is 120 Å². The van der Waals surface area contributed by atoms with Crippen LogP contribution in [0.3, 0.4) is 0 Å². The number of hydrogen-bond donors (Lipinski definition) is 2. The Morgan fingerprint density at radius 3 is 2.84 bits per heavy atom. The maximum Gasteiger partial charge on any atom is 0.0787 e. The van der Waals surface area contributed by atoms with Crippen molar-refractivity contribution in [2.45, 2.75) is 37.8 Å². The van der Waals surface area contributed by atoms with Crippen molar-refractivity contribution in [2.75, 3.05) is 18.1 Å². The molecule has 1 heterocycles. The van der Waals surface area contributed by atoms with E-state index in [-0.39, 0.29) is 0 Å². The molecule has 2 nitrogen and oxygen atoms in total. The molecule has 2 atom stereocenters. The summed E-state index contributed by atoms with van der Waals surface area (Å²) < 4.78 is 0. The fraction of sp³-hybridized carbons (Fsp3) is 0.625. The second kappa shape index (κ2) is 5.47. The SMILES string of the molecule is CC1Cc2ccccc2C1NCC1(O)CCSCC1. The predicted molar refractivity (Wildman–Crippen MR) is 81.6 cm³/mol. The largest absolute Gasteiger partial charge is 0.389 e. The van der Waals surface area contributed by atoms with Crippen LogP contribution in [0, 0.1) is 5.92 Å². The lowest BCUT2D eigenvalue weighted by molar-refractivity contribution is 0.0282. The summed E-state index contributed by atoms with van der Waals surface area (Å²) >= 11 is 1.96. The molecular formula is C16H23NOS. The molecular weight excluding hydrogens is 254 g/mol. The summed E-state index contributed by atoms with van der Waals surface area (Å²) in [7, 11) is 0. The summed E-state index contributed by atoms with van der Waals surface area (Å²) in [6.45, 7) is 3.04. The molecule has 0 amide bonds. The Morgan fingerprint density at radius 1 is 1.32 bits per heavy atom. The van der Waals surface area contributed by atoms with Crippen molar-refractivity contribution in [2.24, 2.45) is 5.92 Å². The highest BCUT2D eigenvalue weighted by Crippen LogP contribution is 2.36. The van der Waals surface area contributed by atoms with Crippen LogP contribution in [0.4, 0.5) is 0 Å². The highest BCUT2D eigenvalue weighted by molar-refractivity contribution is 7.99. The maximum absolute atomic E-state index is 10.6. The van der Waals surface area contributed by atoms with Gasteiger partial charge in [-0.15, -0.1) is 0 Å². The molecule has 0 spiro atoms. The van der Waals surface area contributed by atoms with Gasteiger partial charge in [0, 0.05) is 12.6 Å². The van der Waals surface area contributed by atoms with E-state index in [0.717, 1.165) is 37.3 Å². The van der Waals surface area contributed by atoms with Crippen LogP contribution in [-0.4, -0.2) is 28.8 Å². The summed E-state index contributed by atoms with van der Waals surface area (Å²) in [5, 5.41) is 14.2. The third-order valence-corrected chi connectivity index (χ3v) is 5.56. The Kier molecular flexibility index (Phi) is 3.88. The Balaban J connectivity index is 1.67. The molecule has 1 aromatic rings. The minimum Gasteiger partial charge on any atom is -0.389 e. The van der Waals surface area contributed by atoms with Gasteiger partial charge in [-0.1, -0.05) is 31.2 Å². The molecule has 1 aliphatic carbocycles. The average Bonchev–Trinajstić information content (AvgIpc) is 2.73. The van der Waals surface area contributed by atoms with E-state index >= 15 is 0 Å². The molecule has 2 unspecified atom stereocenters. The summed E-state index contributed by atoms with van der Waals surface area (Å²) in [4.78, 5) is 0. The normalized spacial score (nSPS) is 29.2. The van der Waals surface area contributed by atoms with E-state index in [9.17, 15) is 5.11 Å². The van der Waals surface area contributed by atoms with E-state index in [1.165, 1.54) is 11.1 Å². The Bertz CT molecular complexity index is 442. The highest BCUT2D eigenvalue weighted by Gasteiger charge is 2.33.